The summed E-state index contributed by atoms with van der Waals surface area (Å²) >= 11 is 0. The zero-order valence-electron chi connectivity index (χ0n) is 16.9. The maximum absolute atomic E-state index is 12.7. The lowest BCUT2D eigenvalue weighted by Gasteiger charge is -2.31. The van der Waals surface area contributed by atoms with E-state index in [1.54, 1.807) is 4.90 Å². The Labute approximate surface area is 170 Å². The van der Waals surface area contributed by atoms with E-state index in [9.17, 15) is 4.79 Å². The minimum absolute atomic E-state index is 0.0952. The second-order valence-electron chi connectivity index (χ2n) is 7.57. The van der Waals surface area contributed by atoms with Crippen LogP contribution in [0.15, 0.2) is 18.3 Å². The van der Waals surface area contributed by atoms with E-state index < -0.39 is 0 Å². The molecule has 1 unspecified atom stereocenters. The topological polar surface area (TPSA) is 99.3 Å². The Morgan fingerprint density at radius 1 is 1.34 bits per heavy atom. The monoisotopic (exact) mass is 399 g/mol. The number of nitrogens with zero attached hydrogens (tertiary/aromatic N) is 5. The number of amides is 2. The molecule has 2 N–H and O–H groups in total. The molecule has 2 saturated heterocycles. The van der Waals surface area contributed by atoms with E-state index in [2.05, 4.69) is 43.4 Å². The minimum Gasteiger partial charge on any atom is -0.366 e. The third-order valence-electron chi connectivity index (χ3n) is 5.36. The van der Waals surface area contributed by atoms with Gasteiger partial charge in [0.1, 0.15) is 17.7 Å². The summed E-state index contributed by atoms with van der Waals surface area (Å²) < 4.78 is 5.79. The number of morpholine rings is 1. The van der Waals surface area contributed by atoms with Crippen molar-refractivity contribution in [1.82, 2.24) is 30.4 Å². The zero-order chi connectivity index (χ0) is 20.1. The van der Waals surface area contributed by atoms with Crippen LogP contribution in [0, 0.1) is 0 Å². The fourth-order valence-corrected chi connectivity index (χ4v) is 3.77. The first-order valence-electron chi connectivity index (χ1n) is 10.5. The zero-order valence-corrected chi connectivity index (χ0v) is 16.9. The molecule has 2 aromatic rings. The van der Waals surface area contributed by atoms with Gasteiger partial charge in [-0.15, -0.1) is 0 Å². The van der Waals surface area contributed by atoms with Crippen molar-refractivity contribution in [3.8, 4) is 0 Å². The molecule has 0 aliphatic carbocycles. The molecule has 9 nitrogen and oxygen atoms in total. The summed E-state index contributed by atoms with van der Waals surface area (Å²) in [5, 5.41) is 10.2. The molecule has 2 aliphatic heterocycles. The number of nitrogens with one attached hydrogen (secondary N) is 2. The molecule has 2 aromatic heterocycles. The summed E-state index contributed by atoms with van der Waals surface area (Å²) in [5.41, 5.74) is 1.05. The van der Waals surface area contributed by atoms with Gasteiger partial charge in [0.15, 0.2) is 5.82 Å². The highest BCUT2D eigenvalue weighted by molar-refractivity contribution is 5.74. The molecule has 9 heteroatoms. The molecule has 2 amide bonds. The van der Waals surface area contributed by atoms with Gasteiger partial charge in [-0.1, -0.05) is 6.92 Å². The van der Waals surface area contributed by atoms with Crippen LogP contribution in [0.4, 0.5) is 10.6 Å². The Bertz CT molecular complexity index is 819. The number of hydrogen-bond donors (Lipinski definition) is 2. The Morgan fingerprint density at radius 3 is 3.03 bits per heavy atom. The molecule has 0 saturated carbocycles. The minimum atomic E-state index is -0.293. The van der Waals surface area contributed by atoms with Crippen molar-refractivity contribution in [2.75, 3.05) is 37.7 Å². The SMILES string of the molecule is CCCc1nc(C2CN(C(=O)NCc3ccnc(N4CCCC4)c3)CCO2)n[nH]1. The van der Waals surface area contributed by atoms with Crippen molar-refractivity contribution < 1.29 is 9.53 Å². The molecule has 2 aliphatic rings. The Hall–Kier alpha value is -2.68. The van der Waals surface area contributed by atoms with Crippen LogP contribution in [0.2, 0.25) is 0 Å². The number of aromatic amines is 1. The predicted molar refractivity (Wildman–Crippen MR) is 109 cm³/mol. The van der Waals surface area contributed by atoms with Gasteiger partial charge in [-0.25, -0.2) is 14.8 Å². The largest absolute Gasteiger partial charge is 0.366 e. The highest BCUT2D eigenvalue weighted by Crippen LogP contribution is 2.20. The molecule has 4 rings (SSSR count). The smallest absolute Gasteiger partial charge is 0.317 e. The Morgan fingerprint density at radius 2 is 2.21 bits per heavy atom. The van der Waals surface area contributed by atoms with E-state index >= 15 is 0 Å². The van der Waals surface area contributed by atoms with Gasteiger partial charge >= 0.3 is 6.03 Å². The highest BCUT2D eigenvalue weighted by atomic mass is 16.5. The van der Waals surface area contributed by atoms with Crippen molar-refractivity contribution in [2.45, 2.75) is 45.3 Å². The second-order valence-corrected chi connectivity index (χ2v) is 7.57. The van der Waals surface area contributed by atoms with E-state index in [0.29, 0.717) is 32.1 Å². The molecular weight excluding hydrogens is 370 g/mol. The third-order valence-corrected chi connectivity index (χ3v) is 5.36. The molecule has 0 spiro atoms. The molecule has 0 radical (unpaired) electrons. The predicted octanol–water partition coefficient (Wildman–Crippen LogP) is 2.04. The standard InChI is InChI=1S/C20H29N7O2/c1-2-5-17-23-19(25-24-17)16-14-27(10-11-29-16)20(28)22-13-15-6-7-21-18(12-15)26-8-3-4-9-26/h6-7,12,16H,2-5,8-11,13-14H2,1H3,(H,22,28)(H,23,24,25). The highest BCUT2D eigenvalue weighted by Gasteiger charge is 2.28. The average Bonchev–Trinajstić information content (AvgIpc) is 3.45. The molecule has 1 atom stereocenters. The number of hydrogen-bond acceptors (Lipinski definition) is 6. The molecule has 2 fully saturated rings. The number of rotatable bonds is 6. The lowest BCUT2D eigenvalue weighted by molar-refractivity contribution is -0.0198. The van der Waals surface area contributed by atoms with E-state index in [-0.39, 0.29) is 12.1 Å². The molecule has 0 bridgehead atoms. The van der Waals surface area contributed by atoms with E-state index in [4.69, 9.17) is 4.74 Å². The van der Waals surface area contributed by atoms with E-state index in [1.807, 2.05) is 12.3 Å². The maximum atomic E-state index is 12.7. The van der Waals surface area contributed by atoms with Gasteiger partial charge in [0, 0.05) is 38.8 Å². The summed E-state index contributed by atoms with van der Waals surface area (Å²) in [7, 11) is 0. The lowest BCUT2D eigenvalue weighted by Crippen LogP contribution is -2.47. The number of H-pyrrole nitrogens is 1. The van der Waals surface area contributed by atoms with Gasteiger partial charge in [-0.3, -0.25) is 5.10 Å². The molecule has 29 heavy (non-hydrogen) atoms. The molecular formula is C20H29N7O2. The number of carbonyl (C=O) groups is 1. The molecule has 4 heterocycles. The van der Waals surface area contributed by atoms with Gasteiger partial charge in [-0.2, -0.15) is 5.10 Å². The number of pyridine rings is 1. The number of aromatic nitrogens is 4. The third kappa shape index (κ3) is 4.84. The van der Waals surface area contributed by atoms with Crippen LogP contribution in [-0.2, 0) is 17.7 Å². The first-order chi connectivity index (χ1) is 14.2. The summed E-state index contributed by atoms with van der Waals surface area (Å²) in [5.74, 6) is 2.47. The summed E-state index contributed by atoms with van der Waals surface area (Å²) in [6.07, 6.45) is 5.81. The van der Waals surface area contributed by atoms with Crippen LogP contribution in [-0.4, -0.2) is 63.9 Å². The molecule has 156 valence electrons. The van der Waals surface area contributed by atoms with E-state index in [1.165, 1.54) is 12.8 Å². The number of carbonyl (C=O) groups excluding carboxylic acids is 1. The summed E-state index contributed by atoms with van der Waals surface area (Å²) in [4.78, 5) is 25.7. The van der Waals surface area contributed by atoms with Crippen molar-refractivity contribution >= 4 is 11.8 Å². The first kappa shape index (κ1) is 19.6. The van der Waals surface area contributed by atoms with Crippen molar-refractivity contribution in [2.24, 2.45) is 0 Å². The van der Waals surface area contributed by atoms with Crippen LogP contribution >= 0.6 is 0 Å². The number of ether oxygens (including phenoxy) is 1. The number of anilines is 1. The van der Waals surface area contributed by atoms with Crippen LogP contribution < -0.4 is 10.2 Å². The molecule has 0 aromatic carbocycles. The maximum Gasteiger partial charge on any atom is 0.317 e. The van der Waals surface area contributed by atoms with Crippen LogP contribution in [0.3, 0.4) is 0 Å². The lowest BCUT2D eigenvalue weighted by atomic mass is 10.2. The van der Waals surface area contributed by atoms with Gasteiger partial charge < -0.3 is 19.9 Å². The van der Waals surface area contributed by atoms with Gasteiger partial charge in [0.25, 0.3) is 0 Å². The summed E-state index contributed by atoms with van der Waals surface area (Å²) in [6.45, 7) is 6.17. The van der Waals surface area contributed by atoms with Gasteiger partial charge in [0.05, 0.1) is 13.2 Å². The van der Waals surface area contributed by atoms with E-state index in [0.717, 1.165) is 43.1 Å². The summed E-state index contributed by atoms with van der Waals surface area (Å²) in [6, 6.07) is 3.92. The van der Waals surface area contributed by atoms with Crippen molar-refractivity contribution in [1.29, 1.82) is 0 Å². The van der Waals surface area contributed by atoms with Gasteiger partial charge in [0.2, 0.25) is 0 Å². The number of urea groups is 1. The van der Waals surface area contributed by atoms with Crippen molar-refractivity contribution in [3.63, 3.8) is 0 Å². The van der Waals surface area contributed by atoms with Crippen LogP contribution in [0.25, 0.3) is 0 Å². The second kappa shape index (κ2) is 9.21. The fourth-order valence-electron chi connectivity index (χ4n) is 3.77. The van der Waals surface area contributed by atoms with Crippen molar-refractivity contribution in [3.05, 3.63) is 35.5 Å². The fraction of sp³-hybridized carbons (Fsp3) is 0.600. The van der Waals surface area contributed by atoms with Crippen LogP contribution in [0.1, 0.15) is 49.5 Å². The van der Waals surface area contributed by atoms with Gasteiger partial charge in [-0.05, 0) is 37.0 Å². The Balaban J connectivity index is 1.31. The first-order valence-corrected chi connectivity index (χ1v) is 10.5. The number of aryl methyl sites for hydroxylation is 1. The van der Waals surface area contributed by atoms with Crippen LogP contribution in [0.5, 0.6) is 0 Å². The Kier molecular flexibility index (Phi) is 6.24. The normalized spacial score (nSPS) is 19.6. The average molecular weight is 399 g/mol. The quantitative estimate of drug-likeness (QED) is 0.771.